The molecular weight excluding hydrogens is 426 g/mol. The smallest absolute Gasteiger partial charge is 0.342 e. The highest BCUT2D eigenvalue weighted by molar-refractivity contribution is 9.11. The first-order valence-electron chi connectivity index (χ1n) is 5.56. The van der Waals surface area contributed by atoms with E-state index in [-0.39, 0.29) is 10.7 Å². The van der Waals surface area contributed by atoms with Crippen molar-refractivity contribution in [2.75, 3.05) is 0 Å². The van der Waals surface area contributed by atoms with Crippen molar-refractivity contribution in [3.8, 4) is 5.75 Å². The van der Waals surface area contributed by atoms with Crippen LogP contribution in [0.1, 0.15) is 11.4 Å². The van der Waals surface area contributed by atoms with Crippen molar-refractivity contribution in [3.05, 3.63) is 37.4 Å². The molecule has 110 valence electrons. The maximum Gasteiger partial charge on any atom is 0.342 e. The molecular formula is C12H9Br2N3O3S. The zero-order valence-corrected chi connectivity index (χ0v) is 14.6. The third-order valence-corrected chi connectivity index (χ3v) is 4.27. The Balaban J connectivity index is 2.40. The number of hydrogen-bond acceptors (Lipinski definition) is 5. The zero-order chi connectivity index (χ0) is 15.6. The average molecular weight is 435 g/mol. The molecule has 2 rings (SSSR count). The summed E-state index contributed by atoms with van der Waals surface area (Å²) in [6, 6.07) is 3.28. The number of carbonyl (C=O) groups is 1. The topological polar surface area (TPSA) is 99.1 Å². The van der Waals surface area contributed by atoms with E-state index < -0.39 is 5.97 Å². The molecule has 21 heavy (non-hydrogen) atoms. The van der Waals surface area contributed by atoms with E-state index in [2.05, 4.69) is 47.0 Å². The standard InChI is InChI=1S/C12H9Br2N3O3S/c1-5-15-12(17-16-5)21-9(11(19)20)3-6-2-7(13)4-8(14)10(6)18/h2-4,18H,1H3,(H,19,20)(H,15,16,17)/b9-3-. The molecule has 1 aromatic carbocycles. The molecule has 9 heteroatoms. The van der Waals surface area contributed by atoms with Gasteiger partial charge in [-0.3, -0.25) is 5.10 Å². The highest BCUT2D eigenvalue weighted by Gasteiger charge is 2.15. The summed E-state index contributed by atoms with van der Waals surface area (Å²) in [5.41, 5.74) is 0.369. The average Bonchev–Trinajstić information content (AvgIpc) is 2.79. The van der Waals surface area contributed by atoms with Crippen LogP contribution in [0, 0.1) is 6.92 Å². The quantitative estimate of drug-likeness (QED) is 0.502. The van der Waals surface area contributed by atoms with E-state index in [1.54, 1.807) is 19.1 Å². The maximum absolute atomic E-state index is 11.3. The van der Waals surface area contributed by atoms with E-state index in [1.807, 2.05) is 0 Å². The van der Waals surface area contributed by atoms with Gasteiger partial charge in [0, 0.05) is 10.0 Å². The van der Waals surface area contributed by atoms with Crippen molar-refractivity contribution < 1.29 is 15.0 Å². The van der Waals surface area contributed by atoms with Crippen LogP contribution in [-0.2, 0) is 4.79 Å². The Kier molecular flexibility index (Phi) is 5.07. The largest absolute Gasteiger partial charge is 0.506 e. The van der Waals surface area contributed by atoms with Crippen LogP contribution in [0.15, 0.2) is 31.1 Å². The predicted molar refractivity (Wildman–Crippen MR) is 86.1 cm³/mol. The first-order chi connectivity index (χ1) is 9.86. The minimum atomic E-state index is -1.13. The van der Waals surface area contributed by atoms with E-state index >= 15 is 0 Å². The molecule has 0 saturated heterocycles. The van der Waals surface area contributed by atoms with Gasteiger partial charge in [0.05, 0.1) is 4.47 Å². The number of aliphatic carboxylic acids is 1. The molecule has 0 saturated carbocycles. The first-order valence-corrected chi connectivity index (χ1v) is 7.97. The number of rotatable bonds is 4. The third-order valence-electron chi connectivity index (χ3n) is 2.33. The maximum atomic E-state index is 11.3. The molecule has 0 aliphatic rings. The van der Waals surface area contributed by atoms with Crippen LogP contribution in [0.25, 0.3) is 6.08 Å². The van der Waals surface area contributed by atoms with Crippen LogP contribution in [0.5, 0.6) is 5.75 Å². The zero-order valence-electron chi connectivity index (χ0n) is 10.6. The molecule has 6 nitrogen and oxygen atoms in total. The van der Waals surface area contributed by atoms with Crippen LogP contribution in [-0.4, -0.2) is 31.4 Å². The first kappa shape index (κ1) is 16.1. The summed E-state index contributed by atoms with van der Waals surface area (Å²) in [7, 11) is 0. The number of halogens is 2. The number of phenols is 1. The fraction of sp³-hybridized carbons (Fsp3) is 0.0833. The third kappa shape index (κ3) is 4.08. The minimum Gasteiger partial charge on any atom is -0.506 e. The van der Waals surface area contributed by atoms with Crippen LogP contribution in [0.2, 0.25) is 0 Å². The summed E-state index contributed by atoms with van der Waals surface area (Å²) in [4.78, 5) is 15.4. The fourth-order valence-electron chi connectivity index (χ4n) is 1.44. The number of nitrogens with zero attached hydrogens (tertiary/aromatic N) is 2. The van der Waals surface area contributed by atoms with Crippen molar-refractivity contribution in [2.45, 2.75) is 12.1 Å². The molecule has 0 aliphatic heterocycles. The second-order valence-electron chi connectivity index (χ2n) is 3.94. The molecule has 0 amide bonds. The molecule has 0 bridgehead atoms. The molecule has 0 unspecified atom stereocenters. The molecule has 0 atom stereocenters. The summed E-state index contributed by atoms with van der Waals surface area (Å²) < 4.78 is 1.17. The second kappa shape index (κ2) is 6.63. The SMILES string of the molecule is Cc1nc(S/C(=C\c2cc(Br)cc(Br)c2O)C(=O)O)n[nH]1. The normalized spacial score (nSPS) is 11.7. The van der Waals surface area contributed by atoms with Gasteiger partial charge in [-0.2, -0.15) is 0 Å². The van der Waals surface area contributed by atoms with Crippen molar-refractivity contribution in [1.82, 2.24) is 15.2 Å². The van der Waals surface area contributed by atoms with Gasteiger partial charge in [0.15, 0.2) is 0 Å². The van der Waals surface area contributed by atoms with Gasteiger partial charge in [0.25, 0.3) is 0 Å². The summed E-state index contributed by atoms with van der Waals surface area (Å²) in [5, 5.41) is 26.1. The van der Waals surface area contributed by atoms with Crippen LogP contribution in [0.3, 0.4) is 0 Å². The molecule has 0 fully saturated rings. The van der Waals surface area contributed by atoms with E-state index in [0.717, 1.165) is 11.8 Å². The molecule has 2 aromatic rings. The van der Waals surface area contributed by atoms with E-state index in [4.69, 9.17) is 0 Å². The van der Waals surface area contributed by atoms with E-state index in [9.17, 15) is 15.0 Å². The number of phenolic OH excluding ortho intramolecular Hbond substituents is 1. The van der Waals surface area contributed by atoms with Crippen LogP contribution in [0.4, 0.5) is 0 Å². The number of aromatic hydroxyl groups is 1. The lowest BCUT2D eigenvalue weighted by molar-refractivity contribution is -0.131. The van der Waals surface area contributed by atoms with Crippen LogP contribution < -0.4 is 0 Å². The number of carboxylic acid groups (broad SMARTS) is 1. The Bertz CT molecular complexity index is 731. The van der Waals surface area contributed by atoms with Gasteiger partial charge in [-0.15, -0.1) is 5.10 Å². The van der Waals surface area contributed by atoms with Crippen molar-refractivity contribution >= 4 is 55.7 Å². The monoisotopic (exact) mass is 433 g/mol. The summed E-state index contributed by atoms with van der Waals surface area (Å²) in [5.74, 6) is -0.572. The fourth-order valence-corrected chi connectivity index (χ4v) is 3.44. The summed E-state index contributed by atoms with van der Waals surface area (Å²) in [6.45, 7) is 1.72. The molecule has 0 spiro atoms. The molecule has 3 N–H and O–H groups in total. The molecule has 0 radical (unpaired) electrons. The number of aromatic amines is 1. The predicted octanol–water partition coefficient (Wildman–Crippen LogP) is 3.56. The van der Waals surface area contributed by atoms with Gasteiger partial charge in [0.1, 0.15) is 16.5 Å². The van der Waals surface area contributed by atoms with E-state index in [0.29, 0.717) is 25.5 Å². The number of aromatic nitrogens is 3. The molecule has 0 aliphatic carbocycles. The van der Waals surface area contributed by atoms with Gasteiger partial charge < -0.3 is 10.2 Å². The van der Waals surface area contributed by atoms with Gasteiger partial charge in [0.2, 0.25) is 5.16 Å². The summed E-state index contributed by atoms with van der Waals surface area (Å²) in [6.07, 6.45) is 1.36. The lowest BCUT2D eigenvalue weighted by Gasteiger charge is -2.05. The Labute approximate surface area is 140 Å². The van der Waals surface area contributed by atoms with Gasteiger partial charge in [-0.05, 0) is 52.8 Å². The number of H-pyrrole nitrogens is 1. The van der Waals surface area contributed by atoms with Gasteiger partial charge in [-0.25, -0.2) is 9.78 Å². The highest BCUT2D eigenvalue weighted by atomic mass is 79.9. The highest BCUT2D eigenvalue weighted by Crippen LogP contribution is 2.35. The number of aryl methyl sites for hydroxylation is 1. The Morgan fingerprint density at radius 1 is 1.43 bits per heavy atom. The number of hydrogen-bond donors (Lipinski definition) is 3. The lowest BCUT2D eigenvalue weighted by atomic mass is 10.2. The van der Waals surface area contributed by atoms with Crippen molar-refractivity contribution in [2.24, 2.45) is 0 Å². The molecule has 1 heterocycles. The Morgan fingerprint density at radius 2 is 2.14 bits per heavy atom. The molecule has 1 aromatic heterocycles. The van der Waals surface area contributed by atoms with Gasteiger partial charge in [-0.1, -0.05) is 15.9 Å². The Hall–Kier alpha value is -1.32. The number of nitrogens with one attached hydrogen (secondary N) is 1. The van der Waals surface area contributed by atoms with Crippen molar-refractivity contribution in [3.63, 3.8) is 0 Å². The number of carboxylic acids is 1. The number of thioether (sulfide) groups is 1. The van der Waals surface area contributed by atoms with Crippen molar-refractivity contribution in [1.29, 1.82) is 0 Å². The van der Waals surface area contributed by atoms with Gasteiger partial charge >= 0.3 is 5.97 Å². The lowest BCUT2D eigenvalue weighted by Crippen LogP contribution is -1.97. The minimum absolute atomic E-state index is 0.00528. The van der Waals surface area contributed by atoms with Crippen LogP contribution >= 0.6 is 43.6 Å². The van der Waals surface area contributed by atoms with E-state index in [1.165, 1.54) is 6.08 Å². The number of benzene rings is 1. The second-order valence-corrected chi connectivity index (χ2v) is 6.72. The Morgan fingerprint density at radius 3 is 2.71 bits per heavy atom. The summed E-state index contributed by atoms with van der Waals surface area (Å²) >= 11 is 7.39.